The fourth-order valence-corrected chi connectivity index (χ4v) is 14.1. The Morgan fingerprint density at radius 2 is 1.06 bits per heavy atom. The molecule has 0 heterocycles. The third-order valence-corrected chi connectivity index (χ3v) is 18.4. The van der Waals surface area contributed by atoms with Crippen LogP contribution in [0.4, 0.5) is 0 Å². The van der Waals surface area contributed by atoms with Crippen LogP contribution in [0.5, 0.6) is 0 Å². The normalized spacial score (nSPS) is 15.2. The molecule has 0 fully saturated rings. The molecule has 1 nitrogen and oxygen atoms in total. The van der Waals surface area contributed by atoms with Crippen LogP contribution in [0.3, 0.4) is 0 Å². The first kappa shape index (κ1) is 17.4. The molecule has 0 unspecified atom stereocenters. The predicted octanol–water partition coefficient (Wildman–Crippen LogP) is 4.97. The van der Waals surface area contributed by atoms with Gasteiger partial charge in [0.05, 0.1) is 0 Å². The number of hydrogen-bond donors (Lipinski definition) is 0. The monoisotopic (exact) mass is 273 g/mol. The van der Waals surface area contributed by atoms with Crippen molar-refractivity contribution in [2.45, 2.75) is 91.0 Å². The van der Waals surface area contributed by atoms with Crippen LogP contribution in [0, 0.1) is 0 Å². The molecule has 0 radical (unpaired) electrons. The van der Waals surface area contributed by atoms with E-state index >= 15 is 0 Å². The third kappa shape index (κ3) is 3.24. The van der Waals surface area contributed by atoms with Gasteiger partial charge in [0.25, 0.3) is 0 Å². The van der Waals surface area contributed by atoms with E-state index < -0.39 is 16.3 Å². The lowest BCUT2D eigenvalue weighted by Gasteiger charge is -2.56. The van der Waals surface area contributed by atoms with Gasteiger partial charge in [-0.1, -0.05) is 74.3 Å². The van der Waals surface area contributed by atoms with Gasteiger partial charge in [0, 0.05) is 8.07 Å². The second-order valence-corrected chi connectivity index (χ2v) is 19.2. The van der Waals surface area contributed by atoms with Crippen LogP contribution >= 0.6 is 0 Å². The fourth-order valence-electron chi connectivity index (χ4n) is 3.13. The maximum Gasteiger partial charge on any atom is 0.125 e. The molecule has 17 heavy (non-hydrogen) atoms. The van der Waals surface area contributed by atoms with E-state index in [1.165, 1.54) is 0 Å². The van der Waals surface area contributed by atoms with Crippen molar-refractivity contribution in [2.24, 2.45) is 0 Å². The molecule has 0 atom stereocenters. The van der Waals surface area contributed by atoms with Crippen molar-refractivity contribution in [2.75, 3.05) is 0 Å². The van der Waals surface area contributed by atoms with Crippen molar-refractivity contribution < 1.29 is 0 Å². The average Bonchev–Trinajstić information content (AvgIpc) is 1.98. The molecule has 3 heteroatoms. The second kappa shape index (κ2) is 5.18. The quantitative estimate of drug-likeness (QED) is 0.639. The predicted molar refractivity (Wildman–Crippen MR) is 87.0 cm³/mol. The van der Waals surface area contributed by atoms with E-state index in [1.807, 2.05) is 0 Å². The minimum Gasteiger partial charge on any atom is -0.319 e. The Labute approximate surface area is 112 Å². The van der Waals surface area contributed by atoms with Gasteiger partial charge in [0.2, 0.25) is 0 Å². The fraction of sp³-hybridized carbons (Fsp3) is 1.00. The van der Waals surface area contributed by atoms with Gasteiger partial charge in [-0.25, -0.2) is 0 Å². The van der Waals surface area contributed by atoms with Crippen molar-refractivity contribution >= 4 is 16.3 Å². The van der Waals surface area contributed by atoms with E-state index in [2.05, 4.69) is 78.8 Å². The summed E-state index contributed by atoms with van der Waals surface area (Å²) in [7, 11) is -2.58. The van der Waals surface area contributed by atoms with E-state index in [9.17, 15) is 0 Å². The Morgan fingerprint density at radius 3 is 1.24 bits per heavy atom. The Morgan fingerprint density at radius 1 is 0.765 bits per heavy atom. The van der Waals surface area contributed by atoms with Crippen molar-refractivity contribution in [3.8, 4) is 0 Å². The van der Waals surface area contributed by atoms with Gasteiger partial charge in [-0.15, -0.1) is 0 Å². The molecule has 0 aliphatic heterocycles. The molecule has 0 N–H and O–H groups in total. The maximum absolute atomic E-state index is 2.82. The summed E-state index contributed by atoms with van der Waals surface area (Å²) in [6, 6.07) is 1.32. The number of rotatable bonds is 5. The third-order valence-electron chi connectivity index (χ3n) is 5.16. The summed E-state index contributed by atoms with van der Waals surface area (Å²) >= 11 is 0. The molecular weight excluding hydrogens is 238 g/mol. The van der Waals surface area contributed by atoms with E-state index in [0.717, 1.165) is 0 Å². The lowest BCUT2D eigenvalue weighted by atomic mass is 10.3. The van der Waals surface area contributed by atoms with E-state index in [1.54, 1.807) is 0 Å². The smallest absolute Gasteiger partial charge is 0.125 e. The van der Waals surface area contributed by atoms with E-state index in [-0.39, 0.29) is 0 Å². The SMILES string of the molecule is CC(C)N(C(C)C)[Si](C)(C)C(C)(C)[Si](C)(C)C. The zero-order valence-electron chi connectivity index (χ0n) is 14.1. The molecule has 0 aromatic rings. The van der Waals surface area contributed by atoms with Crippen LogP contribution in [-0.4, -0.2) is 33.0 Å². The lowest BCUT2D eigenvalue weighted by Crippen LogP contribution is -2.66. The molecule has 0 rings (SSSR count). The van der Waals surface area contributed by atoms with Gasteiger partial charge in [-0.3, -0.25) is 0 Å². The maximum atomic E-state index is 2.82. The molecule has 0 saturated heterocycles. The Kier molecular flexibility index (Phi) is 5.30. The van der Waals surface area contributed by atoms with Crippen molar-refractivity contribution in [1.82, 2.24) is 4.57 Å². The van der Waals surface area contributed by atoms with Gasteiger partial charge < -0.3 is 4.57 Å². The molecule has 0 aromatic carbocycles. The van der Waals surface area contributed by atoms with Gasteiger partial charge >= 0.3 is 0 Å². The molecule has 0 aliphatic carbocycles. The van der Waals surface area contributed by atoms with Crippen LogP contribution in [0.1, 0.15) is 41.5 Å². The van der Waals surface area contributed by atoms with Crippen molar-refractivity contribution in [3.63, 3.8) is 0 Å². The minimum atomic E-state index is -1.43. The zero-order chi connectivity index (χ0) is 14.2. The van der Waals surface area contributed by atoms with Crippen molar-refractivity contribution in [1.29, 1.82) is 0 Å². The second-order valence-electron chi connectivity index (χ2n) is 8.03. The Bertz CT molecular complexity index is 241. The first-order valence-corrected chi connectivity index (χ1v) is 13.5. The summed E-state index contributed by atoms with van der Waals surface area (Å²) in [6.07, 6.45) is 0. The summed E-state index contributed by atoms with van der Waals surface area (Å²) in [5.41, 5.74) is 0. The molecule has 0 aliphatic rings. The molecule has 0 bridgehead atoms. The number of nitrogens with zero attached hydrogens (tertiary/aromatic N) is 1. The molecule has 0 saturated carbocycles. The van der Waals surface area contributed by atoms with Crippen LogP contribution in [0.25, 0.3) is 0 Å². The molecule has 0 spiro atoms. The van der Waals surface area contributed by atoms with Crippen LogP contribution in [-0.2, 0) is 0 Å². The number of hydrogen-bond acceptors (Lipinski definition) is 1. The first-order chi connectivity index (χ1) is 7.26. The summed E-state index contributed by atoms with van der Waals surface area (Å²) < 4.78 is 3.35. The summed E-state index contributed by atoms with van der Waals surface area (Å²) in [6.45, 7) is 27.2. The van der Waals surface area contributed by atoms with E-state index in [0.29, 0.717) is 16.7 Å². The standard InChI is InChI=1S/C14H35NSi2/c1-12(2)15(13(3)4)17(10,11)14(5,6)16(7,8)9/h12-13H,1-11H3. The van der Waals surface area contributed by atoms with Crippen LogP contribution < -0.4 is 0 Å². The van der Waals surface area contributed by atoms with Gasteiger partial charge in [-0.05, 0) is 16.7 Å². The molecule has 0 amide bonds. The van der Waals surface area contributed by atoms with Gasteiger partial charge in [0.15, 0.2) is 0 Å². The largest absolute Gasteiger partial charge is 0.319 e. The summed E-state index contributed by atoms with van der Waals surface area (Å²) in [5.74, 6) is 0. The van der Waals surface area contributed by atoms with Crippen LogP contribution in [0.2, 0.25) is 37.4 Å². The summed E-state index contributed by atoms with van der Waals surface area (Å²) in [5, 5.41) is 0. The topological polar surface area (TPSA) is 3.24 Å². The minimum absolute atomic E-state index is 0.522. The Balaban J connectivity index is 5.51. The molecule has 104 valence electrons. The first-order valence-electron chi connectivity index (χ1n) is 7.05. The lowest BCUT2D eigenvalue weighted by molar-refractivity contribution is 0.286. The average molecular weight is 274 g/mol. The molecular formula is C14H35NSi2. The van der Waals surface area contributed by atoms with Crippen molar-refractivity contribution in [3.05, 3.63) is 0 Å². The summed E-state index contributed by atoms with van der Waals surface area (Å²) in [4.78, 5) is 0. The Hall–Kier alpha value is 0.394. The van der Waals surface area contributed by atoms with E-state index in [4.69, 9.17) is 0 Å². The highest BCUT2D eigenvalue weighted by atomic mass is 28.4. The highest BCUT2D eigenvalue weighted by molar-refractivity contribution is 6.97. The van der Waals surface area contributed by atoms with Gasteiger partial charge in [-0.2, -0.15) is 0 Å². The molecule has 0 aromatic heterocycles. The van der Waals surface area contributed by atoms with Crippen LogP contribution in [0.15, 0.2) is 0 Å². The highest BCUT2D eigenvalue weighted by Gasteiger charge is 2.52. The zero-order valence-corrected chi connectivity index (χ0v) is 16.1. The highest BCUT2D eigenvalue weighted by Crippen LogP contribution is 2.48. The van der Waals surface area contributed by atoms with Gasteiger partial charge in [0.1, 0.15) is 8.24 Å².